The van der Waals surface area contributed by atoms with Gasteiger partial charge in [0.15, 0.2) is 0 Å². The minimum atomic E-state index is -0.748. The molecule has 0 aliphatic rings. The third-order valence-corrected chi connectivity index (χ3v) is 3.46. The predicted molar refractivity (Wildman–Crippen MR) is 90.0 cm³/mol. The van der Waals surface area contributed by atoms with Crippen LogP contribution in [-0.2, 0) is 20.9 Å². The summed E-state index contributed by atoms with van der Waals surface area (Å²) in [7, 11) is 1.23. The van der Waals surface area contributed by atoms with E-state index in [2.05, 4.69) is 10.1 Å². The lowest BCUT2D eigenvalue weighted by Crippen LogP contribution is -2.30. The molecule has 0 saturated carbocycles. The summed E-state index contributed by atoms with van der Waals surface area (Å²) >= 11 is 0. The van der Waals surface area contributed by atoms with Crippen LogP contribution in [0.4, 0.5) is 5.69 Å². The molecular weight excluding hydrogens is 360 g/mol. The first kappa shape index (κ1) is 19.6. The molecule has 0 fully saturated rings. The molecule has 1 amide bonds. The zero-order valence-electron chi connectivity index (χ0n) is 14.5. The van der Waals surface area contributed by atoms with Crippen molar-refractivity contribution in [1.82, 2.24) is 5.32 Å². The fourth-order valence-corrected chi connectivity index (χ4v) is 2.15. The lowest BCUT2D eigenvalue weighted by Gasteiger charge is -2.05. The number of esters is 2. The highest BCUT2D eigenvalue weighted by Crippen LogP contribution is 2.16. The van der Waals surface area contributed by atoms with E-state index in [1.165, 1.54) is 31.4 Å². The van der Waals surface area contributed by atoms with E-state index < -0.39 is 29.3 Å². The van der Waals surface area contributed by atoms with E-state index in [-0.39, 0.29) is 29.2 Å². The van der Waals surface area contributed by atoms with Gasteiger partial charge in [-0.25, -0.2) is 4.79 Å². The molecule has 142 valence electrons. The van der Waals surface area contributed by atoms with Crippen LogP contribution in [0.25, 0.3) is 0 Å². The third-order valence-electron chi connectivity index (χ3n) is 3.46. The molecule has 0 atom stereocenters. The Morgan fingerprint density at radius 2 is 2.00 bits per heavy atom. The van der Waals surface area contributed by atoms with Crippen LogP contribution in [0.5, 0.6) is 0 Å². The standard InChI is InChI=1S/C17H16N2O8/c1-10-14(17(22)25-2)7-13(27-10)9-26-15(20)8-18-16(21)11-4-3-5-12(6-11)19(23)24/h3-7H,8-9H2,1-2H3,(H,18,21). The molecule has 0 spiro atoms. The van der Waals surface area contributed by atoms with Crippen LogP contribution in [0.2, 0.25) is 0 Å². The van der Waals surface area contributed by atoms with E-state index in [9.17, 15) is 24.5 Å². The Bertz CT molecular complexity index is 887. The summed E-state index contributed by atoms with van der Waals surface area (Å²) in [6.07, 6.45) is 0. The number of nitrogens with zero attached hydrogens (tertiary/aromatic N) is 1. The van der Waals surface area contributed by atoms with Crippen LogP contribution < -0.4 is 5.32 Å². The lowest BCUT2D eigenvalue weighted by atomic mass is 10.2. The second-order valence-electron chi connectivity index (χ2n) is 5.32. The molecule has 10 heteroatoms. The molecule has 0 bridgehead atoms. The summed E-state index contributed by atoms with van der Waals surface area (Å²) in [5.74, 6) is -1.41. The van der Waals surface area contributed by atoms with Gasteiger partial charge in [0.1, 0.15) is 30.2 Å². The van der Waals surface area contributed by atoms with Crippen molar-refractivity contribution in [3.63, 3.8) is 0 Å². The number of carbonyl (C=O) groups excluding carboxylic acids is 3. The maximum absolute atomic E-state index is 11.9. The number of methoxy groups -OCH3 is 1. The average Bonchev–Trinajstić information content (AvgIpc) is 3.04. The monoisotopic (exact) mass is 376 g/mol. The van der Waals surface area contributed by atoms with Gasteiger partial charge in [-0.05, 0) is 19.1 Å². The normalized spacial score (nSPS) is 10.1. The maximum Gasteiger partial charge on any atom is 0.341 e. The summed E-state index contributed by atoms with van der Waals surface area (Å²) in [6.45, 7) is 0.894. The number of nitro benzene ring substituents is 1. The number of benzene rings is 1. The summed E-state index contributed by atoms with van der Waals surface area (Å²) in [4.78, 5) is 45.2. The zero-order valence-corrected chi connectivity index (χ0v) is 14.5. The topological polar surface area (TPSA) is 138 Å². The number of hydrogen-bond acceptors (Lipinski definition) is 8. The number of hydrogen-bond donors (Lipinski definition) is 1. The van der Waals surface area contributed by atoms with Crippen LogP contribution in [0.15, 0.2) is 34.7 Å². The van der Waals surface area contributed by atoms with Crippen molar-refractivity contribution < 1.29 is 33.2 Å². The van der Waals surface area contributed by atoms with Crippen molar-refractivity contribution >= 4 is 23.5 Å². The molecule has 0 saturated heterocycles. The SMILES string of the molecule is COC(=O)c1cc(COC(=O)CNC(=O)c2cccc([N+](=O)[O-])c2)oc1C. The number of aryl methyl sites for hydroxylation is 1. The molecule has 1 aromatic carbocycles. The van der Waals surface area contributed by atoms with Crippen LogP contribution in [0.1, 0.15) is 32.2 Å². The van der Waals surface area contributed by atoms with Gasteiger partial charge in [0, 0.05) is 17.7 Å². The second-order valence-corrected chi connectivity index (χ2v) is 5.32. The number of rotatable bonds is 7. The van der Waals surface area contributed by atoms with E-state index in [4.69, 9.17) is 9.15 Å². The fraction of sp³-hybridized carbons (Fsp3) is 0.235. The predicted octanol–water partition coefficient (Wildman–Crippen LogP) is 1.76. The minimum Gasteiger partial charge on any atom is -0.465 e. The highest BCUT2D eigenvalue weighted by Gasteiger charge is 2.17. The van der Waals surface area contributed by atoms with Crippen molar-refractivity contribution in [2.24, 2.45) is 0 Å². The fourth-order valence-electron chi connectivity index (χ4n) is 2.15. The van der Waals surface area contributed by atoms with Crippen molar-refractivity contribution in [3.05, 3.63) is 63.1 Å². The van der Waals surface area contributed by atoms with E-state index in [0.717, 1.165) is 6.07 Å². The van der Waals surface area contributed by atoms with E-state index in [1.807, 2.05) is 0 Å². The molecule has 2 rings (SSSR count). The molecule has 1 N–H and O–H groups in total. The Morgan fingerprint density at radius 1 is 1.26 bits per heavy atom. The molecule has 2 aromatic rings. The first-order valence-corrected chi connectivity index (χ1v) is 7.67. The first-order valence-electron chi connectivity index (χ1n) is 7.67. The first-order chi connectivity index (χ1) is 12.8. The van der Waals surface area contributed by atoms with Gasteiger partial charge in [-0.2, -0.15) is 0 Å². The van der Waals surface area contributed by atoms with Gasteiger partial charge < -0.3 is 19.2 Å². The zero-order chi connectivity index (χ0) is 20.0. The number of ether oxygens (including phenoxy) is 2. The molecule has 1 aromatic heterocycles. The van der Waals surface area contributed by atoms with Gasteiger partial charge in [0.2, 0.25) is 0 Å². The quantitative estimate of drug-likeness (QED) is 0.438. The highest BCUT2D eigenvalue weighted by atomic mass is 16.6. The smallest absolute Gasteiger partial charge is 0.341 e. The molecular formula is C17H16N2O8. The van der Waals surface area contributed by atoms with Crippen molar-refractivity contribution in [2.75, 3.05) is 13.7 Å². The van der Waals surface area contributed by atoms with E-state index in [0.29, 0.717) is 5.76 Å². The molecule has 0 unspecified atom stereocenters. The van der Waals surface area contributed by atoms with Crippen LogP contribution >= 0.6 is 0 Å². The van der Waals surface area contributed by atoms with Gasteiger partial charge in [-0.1, -0.05) is 6.07 Å². The summed E-state index contributed by atoms with van der Waals surface area (Å²) < 4.78 is 14.8. The Morgan fingerprint density at radius 3 is 2.67 bits per heavy atom. The van der Waals surface area contributed by atoms with Crippen LogP contribution in [0.3, 0.4) is 0 Å². The van der Waals surface area contributed by atoms with Crippen molar-refractivity contribution in [3.8, 4) is 0 Å². The molecule has 0 aliphatic carbocycles. The Balaban J connectivity index is 1.86. The largest absolute Gasteiger partial charge is 0.465 e. The molecule has 0 radical (unpaired) electrons. The van der Waals surface area contributed by atoms with Gasteiger partial charge in [0.05, 0.1) is 12.0 Å². The van der Waals surface area contributed by atoms with Crippen molar-refractivity contribution in [2.45, 2.75) is 13.5 Å². The molecule has 1 heterocycles. The van der Waals surface area contributed by atoms with Gasteiger partial charge in [-0.3, -0.25) is 19.7 Å². The third kappa shape index (κ3) is 5.14. The lowest BCUT2D eigenvalue weighted by molar-refractivity contribution is -0.384. The number of non-ortho nitro benzene ring substituents is 1. The molecule has 10 nitrogen and oxygen atoms in total. The summed E-state index contributed by atoms with van der Waals surface area (Å²) in [5.41, 5.74) is 0.0312. The van der Waals surface area contributed by atoms with Gasteiger partial charge in [-0.15, -0.1) is 0 Å². The minimum absolute atomic E-state index is 0.0429. The van der Waals surface area contributed by atoms with Crippen LogP contribution in [-0.4, -0.2) is 36.4 Å². The highest BCUT2D eigenvalue weighted by molar-refractivity contribution is 5.96. The number of amides is 1. The van der Waals surface area contributed by atoms with E-state index >= 15 is 0 Å². The average molecular weight is 376 g/mol. The second kappa shape index (κ2) is 8.61. The molecule has 27 heavy (non-hydrogen) atoms. The van der Waals surface area contributed by atoms with Gasteiger partial charge in [0.25, 0.3) is 11.6 Å². The summed E-state index contributed by atoms with van der Waals surface area (Å²) in [5, 5.41) is 13.0. The number of nitro groups is 1. The maximum atomic E-state index is 11.9. The van der Waals surface area contributed by atoms with Crippen molar-refractivity contribution in [1.29, 1.82) is 0 Å². The Hall–Kier alpha value is -3.69. The number of furan rings is 1. The molecule has 0 aliphatic heterocycles. The van der Waals surface area contributed by atoms with Gasteiger partial charge >= 0.3 is 11.9 Å². The summed E-state index contributed by atoms with van der Waals surface area (Å²) in [6, 6.07) is 6.49. The Kier molecular flexibility index (Phi) is 6.26. The number of nitrogens with one attached hydrogen (secondary N) is 1. The van der Waals surface area contributed by atoms with Crippen LogP contribution in [0, 0.1) is 17.0 Å². The number of carbonyl (C=O) groups is 3. The van der Waals surface area contributed by atoms with E-state index in [1.54, 1.807) is 6.92 Å². The Labute approximate surface area is 153 Å².